The Morgan fingerprint density at radius 1 is 1.38 bits per heavy atom. The molecule has 1 fully saturated rings. The van der Waals surface area contributed by atoms with E-state index >= 15 is 0 Å². The molecule has 3 aliphatic rings. The SMILES string of the molecule is O=C1COC2=C3C=CC=CC3OCCC2N1. The van der Waals surface area contributed by atoms with Gasteiger partial charge < -0.3 is 14.8 Å². The van der Waals surface area contributed by atoms with Crippen molar-refractivity contribution in [1.82, 2.24) is 5.32 Å². The normalized spacial score (nSPS) is 32.4. The molecule has 84 valence electrons. The second-order valence-electron chi connectivity index (χ2n) is 4.05. The van der Waals surface area contributed by atoms with E-state index in [1.165, 1.54) is 0 Å². The summed E-state index contributed by atoms with van der Waals surface area (Å²) >= 11 is 0. The summed E-state index contributed by atoms with van der Waals surface area (Å²) in [5.41, 5.74) is 1.03. The predicted octanol–water partition coefficient (Wildman–Crippen LogP) is 0.670. The highest BCUT2D eigenvalue weighted by molar-refractivity contribution is 5.79. The molecule has 1 amide bonds. The van der Waals surface area contributed by atoms with Crippen molar-refractivity contribution < 1.29 is 14.3 Å². The first kappa shape index (κ1) is 9.66. The van der Waals surface area contributed by atoms with Crippen LogP contribution in [0.1, 0.15) is 6.42 Å². The summed E-state index contributed by atoms with van der Waals surface area (Å²) in [6.07, 6.45) is 8.67. The first-order valence-corrected chi connectivity index (χ1v) is 5.47. The van der Waals surface area contributed by atoms with E-state index in [1.807, 2.05) is 24.3 Å². The Balaban J connectivity index is 1.99. The molecule has 2 unspecified atom stereocenters. The van der Waals surface area contributed by atoms with Gasteiger partial charge in [-0.1, -0.05) is 24.3 Å². The lowest BCUT2D eigenvalue weighted by molar-refractivity contribution is -0.128. The van der Waals surface area contributed by atoms with Gasteiger partial charge in [-0.2, -0.15) is 0 Å². The first-order valence-electron chi connectivity index (χ1n) is 5.47. The molecule has 1 saturated heterocycles. The van der Waals surface area contributed by atoms with Crippen molar-refractivity contribution in [3.05, 3.63) is 35.6 Å². The summed E-state index contributed by atoms with van der Waals surface area (Å²) in [7, 11) is 0. The van der Waals surface area contributed by atoms with Gasteiger partial charge in [0.1, 0.15) is 11.9 Å². The Morgan fingerprint density at radius 3 is 3.25 bits per heavy atom. The molecule has 2 atom stereocenters. The molecular weight excluding hydrogens is 206 g/mol. The Bertz CT molecular complexity index is 408. The second kappa shape index (κ2) is 3.79. The van der Waals surface area contributed by atoms with Crippen LogP contribution in [0.3, 0.4) is 0 Å². The van der Waals surface area contributed by atoms with Crippen molar-refractivity contribution in [1.29, 1.82) is 0 Å². The van der Waals surface area contributed by atoms with E-state index in [9.17, 15) is 4.79 Å². The van der Waals surface area contributed by atoms with Crippen LogP contribution in [-0.4, -0.2) is 31.3 Å². The summed E-state index contributed by atoms with van der Waals surface area (Å²) in [6.45, 7) is 0.740. The molecular formula is C12H13NO3. The molecule has 0 aromatic carbocycles. The lowest BCUT2D eigenvalue weighted by Gasteiger charge is -2.27. The molecule has 0 aromatic rings. The smallest absolute Gasteiger partial charge is 0.258 e. The van der Waals surface area contributed by atoms with E-state index in [1.54, 1.807) is 0 Å². The van der Waals surface area contributed by atoms with Crippen LogP contribution in [0.5, 0.6) is 0 Å². The third-order valence-electron chi connectivity index (χ3n) is 2.98. The topological polar surface area (TPSA) is 47.6 Å². The fourth-order valence-electron chi connectivity index (χ4n) is 2.24. The summed E-state index contributed by atoms with van der Waals surface area (Å²) in [5.74, 6) is 0.811. The highest BCUT2D eigenvalue weighted by Crippen LogP contribution is 2.28. The number of hydrogen-bond donors (Lipinski definition) is 1. The Labute approximate surface area is 93.6 Å². The molecule has 0 aromatic heterocycles. The number of nitrogens with one attached hydrogen (secondary N) is 1. The average molecular weight is 219 g/mol. The number of morpholine rings is 1. The molecule has 16 heavy (non-hydrogen) atoms. The van der Waals surface area contributed by atoms with Crippen LogP contribution in [0.2, 0.25) is 0 Å². The fourth-order valence-corrected chi connectivity index (χ4v) is 2.24. The van der Waals surface area contributed by atoms with Gasteiger partial charge in [0.2, 0.25) is 0 Å². The maximum atomic E-state index is 11.3. The molecule has 4 heteroatoms. The molecule has 0 spiro atoms. The van der Waals surface area contributed by atoms with E-state index in [2.05, 4.69) is 5.32 Å². The Kier molecular flexibility index (Phi) is 2.29. The lowest BCUT2D eigenvalue weighted by Crippen LogP contribution is -2.44. The van der Waals surface area contributed by atoms with Gasteiger partial charge >= 0.3 is 0 Å². The van der Waals surface area contributed by atoms with E-state index in [4.69, 9.17) is 9.47 Å². The Hall–Kier alpha value is -1.55. The number of carbonyl (C=O) groups excluding carboxylic acids is 1. The van der Waals surface area contributed by atoms with Gasteiger partial charge in [0.25, 0.3) is 5.91 Å². The van der Waals surface area contributed by atoms with Gasteiger partial charge in [0.15, 0.2) is 6.61 Å². The van der Waals surface area contributed by atoms with Crippen LogP contribution < -0.4 is 5.32 Å². The minimum absolute atomic E-state index is 0.0278. The number of amides is 1. The zero-order valence-corrected chi connectivity index (χ0v) is 8.81. The fraction of sp³-hybridized carbons (Fsp3) is 0.417. The van der Waals surface area contributed by atoms with Gasteiger partial charge in [-0.15, -0.1) is 0 Å². The maximum Gasteiger partial charge on any atom is 0.258 e. The first-order chi connectivity index (χ1) is 7.84. The zero-order valence-electron chi connectivity index (χ0n) is 8.81. The van der Waals surface area contributed by atoms with Crippen LogP contribution >= 0.6 is 0 Å². The third kappa shape index (κ3) is 1.55. The highest BCUT2D eigenvalue weighted by atomic mass is 16.5. The molecule has 1 N–H and O–H groups in total. The summed E-state index contributed by atoms with van der Waals surface area (Å²) in [4.78, 5) is 11.3. The zero-order chi connectivity index (χ0) is 11.0. The standard InChI is InChI=1S/C12H13NO3/c14-11-7-16-12-8-3-1-2-4-10(8)15-6-5-9(12)13-11/h1-4,9-10H,5-7H2,(H,13,14). The van der Waals surface area contributed by atoms with Gasteiger partial charge in [0.05, 0.1) is 12.6 Å². The van der Waals surface area contributed by atoms with Crippen molar-refractivity contribution in [2.45, 2.75) is 18.6 Å². The molecule has 1 aliphatic carbocycles. The largest absolute Gasteiger partial charge is 0.486 e. The van der Waals surface area contributed by atoms with Gasteiger partial charge in [-0.25, -0.2) is 0 Å². The average Bonchev–Trinajstić information content (AvgIpc) is 2.47. The molecule has 2 aliphatic heterocycles. The molecule has 4 nitrogen and oxygen atoms in total. The van der Waals surface area contributed by atoms with E-state index in [-0.39, 0.29) is 24.7 Å². The molecule has 2 heterocycles. The summed E-state index contributed by atoms with van der Waals surface area (Å²) in [6, 6.07) is -0.0302. The predicted molar refractivity (Wildman–Crippen MR) is 57.5 cm³/mol. The molecule has 3 rings (SSSR count). The van der Waals surface area contributed by atoms with Gasteiger partial charge in [-0.3, -0.25) is 4.79 Å². The van der Waals surface area contributed by atoms with Crippen molar-refractivity contribution >= 4 is 5.91 Å². The van der Waals surface area contributed by atoms with Crippen LogP contribution in [0, 0.1) is 0 Å². The van der Waals surface area contributed by atoms with E-state index < -0.39 is 0 Å². The van der Waals surface area contributed by atoms with Crippen LogP contribution in [0.25, 0.3) is 0 Å². The van der Waals surface area contributed by atoms with E-state index in [0.29, 0.717) is 6.61 Å². The summed E-state index contributed by atoms with van der Waals surface area (Å²) < 4.78 is 11.3. The maximum absolute atomic E-state index is 11.3. The van der Waals surface area contributed by atoms with Gasteiger partial charge in [-0.05, 0) is 6.42 Å². The minimum Gasteiger partial charge on any atom is -0.486 e. The summed E-state index contributed by atoms with van der Waals surface area (Å²) in [5, 5.41) is 2.93. The number of ether oxygens (including phenoxy) is 2. The van der Waals surface area contributed by atoms with Crippen molar-refractivity contribution in [3.8, 4) is 0 Å². The number of fused-ring (bicyclic) bond motifs is 2. The van der Waals surface area contributed by atoms with Crippen LogP contribution in [0.15, 0.2) is 35.6 Å². The lowest BCUT2D eigenvalue weighted by atomic mass is 9.99. The second-order valence-corrected chi connectivity index (χ2v) is 4.05. The monoisotopic (exact) mass is 219 g/mol. The number of allylic oxidation sites excluding steroid dienone is 2. The van der Waals surface area contributed by atoms with Gasteiger partial charge in [0, 0.05) is 5.57 Å². The number of carbonyl (C=O) groups is 1. The van der Waals surface area contributed by atoms with Crippen LogP contribution in [-0.2, 0) is 14.3 Å². The van der Waals surface area contributed by atoms with Crippen molar-refractivity contribution in [3.63, 3.8) is 0 Å². The minimum atomic E-state index is -0.0527. The quantitative estimate of drug-likeness (QED) is 0.651. The van der Waals surface area contributed by atoms with E-state index in [0.717, 1.165) is 17.8 Å². The molecule has 0 bridgehead atoms. The molecule has 0 saturated carbocycles. The Morgan fingerprint density at radius 2 is 2.31 bits per heavy atom. The third-order valence-corrected chi connectivity index (χ3v) is 2.98. The highest BCUT2D eigenvalue weighted by Gasteiger charge is 2.32. The number of hydrogen-bond acceptors (Lipinski definition) is 3. The number of rotatable bonds is 0. The van der Waals surface area contributed by atoms with Crippen LogP contribution in [0.4, 0.5) is 0 Å². The molecule has 0 radical (unpaired) electrons. The van der Waals surface area contributed by atoms with Crippen molar-refractivity contribution in [2.24, 2.45) is 0 Å². The van der Waals surface area contributed by atoms with Crippen molar-refractivity contribution in [2.75, 3.05) is 13.2 Å².